The van der Waals surface area contributed by atoms with Gasteiger partial charge in [-0.2, -0.15) is 0 Å². The summed E-state index contributed by atoms with van der Waals surface area (Å²) in [5, 5.41) is 21.4. The third-order valence-electron chi connectivity index (χ3n) is 5.41. The van der Waals surface area contributed by atoms with E-state index in [0.29, 0.717) is 22.7 Å². The summed E-state index contributed by atoms with van der Waals surface area (Å²) in [5.74, 6) is -2.66. The largest absolute Gasteiger partial charge is 0.479 e. The molecule has 0 spiro atoms. The van der Waals surface area contributed by atoms with Crippen LogP contribution in [0.15, 0.2) is 24.3 Å². The summed E-state index contributed by atoms with van der Waals surface area (Å²) in [6.45, 7) is 1.86. The number of nitrogens with one attached hydrogen (secondary N) is 1. The van der Waals surface area contributed by atoms with Gasteiger partial charge in [-0.25, -0.2) is 14.4 Å². The Morgan fingerprint density at radius 3 is 2.58 bits per heavy atom. The number of amides is 2. The molecule has 3 N–H and O–H groups in total. The number of rotatable bonds is 9. The Morgan fingerprint density at radius 1 is 1.21 bits per heavy atom. The van der Waals surface area contributed by atoms with Crippen molar-refractivity contribution in [1.82, 2.24) is 5.32 Å². The maximum Gasteiger partial charge on any atom is 0.349 e. The lowest BCUT2D eigenvalue weighted by Crippen LogP contribution is -2.47. The van der Waals surface area contributed by atoms with Crippen molar-refractivity contribution in [3.63, 3.8) is 0 Å². The van der Waals surface area contributed by atoms with Crippen molar-refractivity contribution in [3.05, 3.63) is 34.2 Å². The number of thiophene rings is 1. The zero-order valence-electron chi connectivity index (χ0n) is 18.3. The highest BCUT2D eigenvalue weighted by Crippen LogP contribution is 2.46. The molecule has 8 nitrogen and oxygen atoms in total. The number of nitrogens with zero attached hydrogens (tertiary/aromatic N) is 1. The van der Waals surface area contributed by atoms with Crippen molar-refractivity contribution in [2.45, 2.75) is 51.5 Å². The molecule has 2 amide bonds. The van der Waals surface area contributed by atoms with Crippen molar-refractivity contribution in [2.75, 3.05) is 18.1 Å². The Morgan fingerprint density at radius 2 is 1.94 bits per heavy atom. The van der Waals surface area contributed by atoms with Crippen LogP contribution in [0.4, 0.5) is 10.5 Å². The zero-order valence-corrected chi connectivity index (χ0v) is 19.9. The molecule has 1 heterocycles. The van der Waals surface area contributed by atoms with Gasteiger partial charge in [-0.05, 0) is 37.0 Å². The fraction of sp³-hybridized carbons (Fsp3) is 0.435. The molecule has 1 aliphatic rings. The van der Waals surface area contributed by atoms with E-state index in [-0.39, 0.29) is 27.7 Å². The van der Waals surface area contributed by atoms with Gasteiger partial charge in [0.05, 0.1) is 4.88 Å². The second kappa shape index (κ2) is 11.4. The second-order valence-corrected chi connectivity index (χ2v) is 9.23. The molecule has 10 heteroatoms. The molecule has 0 aliphatic heterocycles. The van der Waals surface area contributed by atoms with Gasteiger partial charge >= 0.3 is 18.0 Å². The number of hydrogen-bond donors (Lipinski definition) is 3. The van der Waals surface area contributed by atoms with Gasteiger partial charge in [-0.15, -0.1) is 11.3 Å². The number of carboxylic acid groups (broad SMARTS) is 2. The number of aromatic carboxylic acids is 1. The van der Waals surface area contributed by atoms with Gasteiger partial charge in [0.2, 0.25) is 0 Å². The number of carbonyl (C=O) groups excluding carboxylic acids is 1. The average molecular weight is 495 g/mol. The van der Waals surface area contributed by atoms with Crippen LogP contribution in [-0.2, 0) is 4.79 Å². The summed E-state index contributed by atoms with van der Waals surface area (Å²) in [6, 6.07) is 7.15. The quantitative estimate of drug-likeness (QED) is 0.424. The summed E-state index contributed by atoms with van der Waals surface area (Å²) in [5.41, 5.74) is 1.32. The van der Waals surface area contributed by atoms with Gasteiger partial charge in [0.15, 0.2) is 17.2 Å². The molecule has 0 atom stereocenters. The normalized spacial score (nSPS) is 14.0. The Bertz CT molecular complexity index is 1020. The van der Waals surface area contributed by atoms with Crippen molar-refractivity contribution in [3.8, 4) is 16.2 Å². The van der Waals surface area contributed by atoms with E-state index in [0.717, 1.165) is 49.9 Å². The number of benzene rings is 1. The fourth-order valence-corrected chi connectivity index (χ4v) is 5.33. The van der Waals surface area contributed by atoms with E-state index < -0.39 is 18.5 Å². The molecular weight excluding hydrogens is 468 g/mol. The molecule has 178 valence electrons. The lowest BCUT2D eigenvalue weighted by molar-refractivity contribution is -0.139. The van der Waals surface area contributed by atoms with E-state index in [2.05, 4.69) is 5.32 Å². The van der Waals surface area contributed by atoms with E-state index in [1.54, 1.807) is 17.0 Å². The summed E-state index contributed by atoms with van der Waals surface area (Å²) in [6.07, 6.45) is 5.94. The number of carbonyl (C=O) groups is 3. The van der Waals surface area contributed by atoms with Gasteiger partial charge in [0.1, 0.15) is 5.02 Å². The summed E-state index contributed by atoms with van der Waals surface area (Å²) in [4.78, 5) is 37.7. The van der Waals surface area contributed by atoms with Crippen LogP contribution in [0.1, 0.15) is 55.1 Å². The second-order valence-electron chi connectivity index (χ2n) is 7.84. The van der Waals surface area contributed by atoms with Crippen LogP contribution in [0.3, 0.4) is 0 Å². The number of ether oxygens (including phenoxy) is 1. The number of anilines is 1. The zero-order chi connectivity index (χ0) is 24.0. The molecular formula is C23H27ClN2O6S. The molecule has 33 heavy (non-hydrogen) atoms. The van der Waals surface area contributed by atoms with Crippen LogP contribution in [0, 0.1) is 0 Å². The molecule has 3 rings (SSSR count). The third kappa shape index (κ3) is 5.97. The lowest BCUT2D eigenvalue weighted by atomic mass is 9.94. The standard InChI is InChI=1S/C23H27ClN2O6S/c1-2-11-25-23(31)26(15-8-4-3-5-9-15)16-10-6-7-14(12-16)20-18(24)19(32-13-17(27)28)21(33-20)22(29)30/h6-7,10,12,15H,2-5,8-9,11,13H2,1H3,(H,25,31)(H,27,28)(H,29,30). The summed E-state index contributed by atoms with van der Waals surface area (Å²) in [7, 11) is 0. The van der Waals surface area contributed by atoms with Gasteiger partial charge in [-0.1, -0.05) is 49.9 Å². The van der Waals surface area contributed by atoms with E-state index in [4.69, 9.17) is 21.4 Å². The Kier molecular flexibility index (Phi) is 8.57. The number of carboxylic acids is 2. The first-order chi connectivity index (χ1) is 15.8. The van der Waals surface area contributed by atoms with Crippen molar-refractivity contribution >= 4 is 46.6 Å². The predicted octanol–water partition coefficient (Wildman–Crippen LogP) is 5.49. The van der Waals surface area contributed by atoms with Crippen LogP contribution < -0.4 is 15.0 Å². The highest BCUT2D eigenvalue weighted by atomic mass is 35.5. The summed E-state index contributed by atoms with van der Waals surface area (Å²) < 4.78 is 5.17. The number of urea groups is 1. The average Bonchev–Trinajstić information content (AvgIpc) is 3.14. The molecule has 1 saturated carbocycles. The van der Waals surface area contributed by atoms with Crippen molar-refractivity contribution in [1.29, 1.82) is 0 Å². The predicted molar refractivity (Wildman–Crippen MR) is 128 cm³/mol. The van der Waals surface area contributed by atoms with E-state index in [1.165, 1.54) is 0 Å². The first kappa shape index (κ1) is 24.9. The van der Waals surface area contributed by atoms with Crippen LogP contribution in [0.25, 0.3) is 10.4 Å². The topological polar surface area (TPSA) is 116 Å². The van der Waals surface area contributed by atoms with Gasteiger partial charge in [0.25, 0.3) is 0 Å². The van der Waals surface area contributed by atoms with Crippen molar-refractivity contribution in [2.24, 2.45) is 0 Å². The Balaban J connectivity index is 2.00. The smallest absolute Gasteiger partial charge is 0.349 e. The maximum atomic E-state index is 13.1. The van der Waals surface area contributed by atoms with E-state index >= 15 is 0 Å². The monoisotopic (exact) mass is 494 g/mol. The molecule has 2 aromatic rings. The van der Waals surface area contributed by atoms with Crippen molar-refractivity contribution < 1.29 is 29.3 Å². The minimum absolute atomic E-state index is 0.0375. The molecule has 0 bridgehead atoms. The molecule has 0 radical (unpaired) electrons. The lowest BCUT2D eigenvalue weighted by Gasteiger charge is -2.34. The van der Waals surface area contributed by atoms with Crippen LogP contribution in [0.2, 0.25) is 5.02 Å². The van der Waals surface area contributed by atoms with E-state index in [1.807, 2.05) is 19.1 Å². The minimum Gasteiger partial charge on any atom is -0.479 e. The number of hydrogen-bond acceptors (Lipinski definition) is 5. The third-order valence-corrected chi connectivity index (χ3v) is 7.10. The number of aliphatic carboxylic acids is 1. The minimum atomic E-state index is -1.26. The molecule has 0 unspecified atom stereocenters. The SMILES string of the molecule is CCCNC(=O)N(c1cccc(-c2sc(C(=O)O)c(OCC(=O)O)c2Cl)c1)C1CCCCC1. The van der Waals surface area contributed by atoms with Crippen LogP contribution in [-0.4, -0.2) is 47.4 Å². The number of halogens is 1. The van der Waals surface area contributed by atoms with Gasteiger partial charge in [-0.3, -0.25) is 4.90 Å². The highest BCUT2D eigenvalue weighted by molar-refractivity contribution is 7.18. The fourth-order valence-electron chi connectivity index (χ4n) is 3.93. The molecule has 1 aromatic heterocycles. The molecule has 1 aliphatic carbocycles. The van der Waals surface area contributed by atoms with E-state index in [9.17, 15) is 19.5 Å². The first-order valence-corrected chi connectivity index (χ1v) is 12.1. The van der Waals surface area contributed by atoms with Crippen LogP contribution >= 0.6 is 22.9 Å². The highest BCUT2D eigenvalue weighted by Gasteiger charge is 2.28. The molecule has 1 fully saturated rings. The van der Waals surface area contributed by atoms with Gasteiger partial charge < -0.3 is 20.3 Å². The molecule has 0 saturated heterocycles. The maximum absolute atomic E-state index is 13.1. The van der Waals surface area contributed by atoms with Gasteiger partial charge in [0, 0.05) is 18.3 Å². The van der Waals surface area contributed by atoms with Crippen LogP contribution in [0.5, 0.6) is 5.75 Å². The summed E-state index contributed by atoms with van der Waals surface area (Å²) >= 11 is 7.35. The molecule has 1 aromatic carbocycles. The Hall–Kier alpha value is -2.78. The first-order valence-electron chi connectivity index (χ1n) is 10.9. The Labute approximate surface area is 201 Å².